The van der Waals surface area contributed by atoms with Gasteiger partial charge in [0.1, 0.15) is 21.7 Å². The van der Waals surface area contributed by atoms with E-state index in [4.69, 9.17) is 0 Å². The molecule has 0 aliphatic heterocycles. The van der Waals surface area contributed by atoms with Crippen LogP contribution in [0.15, 0.2) is 9.37 Å². The predicted molar refractivity (Wildman–Crippen MR) is 88.3 cm³/mol. The molecule has 5 nitrogen and oxygen atoms in total. The summed E-state index contributed by atoms with van der Waals surface area (Å²) >= 11 is 3.17. The summed E-state index contributed by atoms with van der Waals surface area (Å²) < 4.78 is 0.929. The van der Waals surface area contributed by atoms with E-state index in [2.05, 4.69) is 46.3 Å². The Balaban J connectivity index is 2.30. The van der Waals surface area contributed by atoms with Gasteiger partial charge in [0.05, 0.1) is 0 Å². The van der Waals surface area contributed by atoms with Gasteiger partial charge in [-0.3, -0.25) is 0 Å². The molecule has 1 N–H and O–H groups in total. The van der Waals surface area contributed by atoms with Crippen molar-refractivity contribution in [2.24, 2.45) is 0 Å². The van der Waals surface area contributed by atoms with Gasteiger partial charge in [0.25, 0.3) is 0 Å². The zero-order valence-electron chi connectivity index (χ0n) is 12.9. The standard InChI is InChI=1S/C14H21N5S2/c1-5-7-11-16-12(15-8-6-2)9(3)13(17-11)21-14-19-18-10(4)20-14/h5-8H2,1-4H3,(H,15,16,17). The molecule has 2 heterocycles. The maximum atomic E-state index is 4.69. The highest BCUT2D eigenvalue weighted by molar-refractivity contribution is 8.01. The van der Waals surface area contributed by atoms with E-state index < -0.39 is 0 Å². The highest BCUT2D eigenvalue weighted by atomic mass is 32.2. The van der Waals surface area contributed by atoms with Gasteiger partial charge in [0, 0.05) is 18.5 Å². The zero-order valence-corrected chi connectivity index (χ0v) is 14.6. The third-order valence-corrected chi connectivity index (χ3v) is 4.84. The molecule has 0 amide bonds. The second kappa shape index (κ2) is 7.70. The van der Waals surface area contributed by atoms with Gasteiger partial charge in [-0.05, 0) is 38.5 Å². The highest BCUT2D eigenvalue weighted by Gasteiger charge is 2.13. The Bertz CT molecular complexity index is 597. The predicted octanol–water partition coefficient (Wildman–Crippen LogP) is 3.87. The van der Waals surface area contributed by atoms with Crippen LogP contribution in [-0.4, -0.2) is 26.7 Å². The summed E-state index contributed by atoms with van der Waals surface area (Å²) in [5, 5.41) is 13.6. The third kappa shape index (κ3) is 4.38. The van der Waals surface area contributed by atoms with E-state index in [1.165, 1.54) is 0 Å². The Morgan fingerprint density at radius 3 is 2.52 bits per heavy atom. The number of aryl methyl sites for hydroxylation is 2. The van der Waals surface area contributed by atoms with Crippen LogP contribution in [0, 0.1) is 13.8 Å². The van der Waals surface area contributed by atoms with Crippen molar-refractivity contribution >= 4 is 28.9 Å². The quantitative estimate of drug-likeness (QED) is 0.780. The van der Waals surface area contributed by atoms with Crippen LogP contribution in [0.3, 0.4) is 0 Å². The molecular formula is C14H21N5S2. The minimum Gasteiger partial charge on any atom is -0.370 e. The minimum atomic E-state index is 0.893. The van der Waals surface area contributed by atoms with E-state index in [-0.39, 0.29) is 0 Å². The first kappa shape index (κ1) is 16.2. The molecule has 2 aromatic heterocycles. The monoisotopic (exact) mass is 323 g/mol. The SMILES string of the molecule is CCCNc1nc(CCC)nc(Sc2nnc(C)s2)c1C. The van der Waals surface area contributed by atoms with Gasteiger partial charge >= 0.3 is 0 Å². The summed E-state index contributed by atoms with van der Waals surface area (Å²) in [5.74, 6) is 1.84. The van der Waals surface area contributed by atoms with Crippen molar-refractivity contribution in [1.29, 1.82) is 0 Å². The van der Waals surface area contributed by atoms with Gasteiger partial charge in [-0.15, -0.1) is 10.2 Å². The van der Waals surface area contributed by atoms with Gasteiger partial charge < -0.3 is 5.32 Å². The van der Waals surface area contributed by atoms with Crippen molar-refractivity contribution in [3.05, 3.63) is 16.4 Å². The summed E-state index contributed by atoms with van der Waals surface area (Å²) in [6.07, 6.45) is 3.01. The average molecular weight is 323 g/mol. The molecule has 0 aliphatic rings. The Kier molecular flexibility index (Phi) is 5.93. The molecule has 0 aliphatic carbocycles. The molecule has 0 fully saturated rings. The molecule has 0 spiro atoms. The van der Waals surface area contributed by atoms with Crippen molar-refractivity contribution in [2.45, 2.75) is 56.3 Å². The van der Waals surface area contributed by atoms with Crippen LogP contribution < -0.4 is 5.32 Å². The number of rotatable bonds is 7. The fourth-order valence-electron chi connectivity index (χ4n) is 1.79. The summed E-state index contributed by atoms with van der Waals surface area (Å²) in [5.41, 5.74) is 1.08. The van der Waals surface area contributed by atoms with E-state index in [0.717, 1.165) is 57.4 Å². The summed E-state index contributed by atoms with van der Waals surface area (Å²) in [6, 6.07) is 0. The lowest BCUT2D eigenvalue weighted by Gasteiger charge is -2.12. The van der Waals surface area contributed by atoms with Crippen molar-refractivity contribution in [1.82, 2.24) is 20.2 Å². The van der Waals surface area contributed by atoms with E-state index in [0.29, 0.717) is 0 Å². The molecule has 0 saturated carbocycles. The molecule has 0 unspecified atom stereocenters. The van der Waals surface area contributed by atoms with Crippen molar-refractivity contribution in [2.75, 3.05) is 11.9 Å². The lowest BCUT2D eigenvalue weighted by molar-refractivity contribution is 0.799. The van der Waals surface area contributed by atoms with Crippen LogP contribution in [0.5, 0.6) is 0 Å². The third-order valence-electron chi connectivity index (χ3n) is 2.85. The van der Waals surface area contributed by atoms with Crippen LogP contribution in [0.2, 0.25) is 0 Å². The molecule has 7 heteroatoms. The number of nitrogens with one attached hydrogen (secondary N) is 1. The van der Waals surface area contributed by atoms with Crippen molar-refractivity contribution in [3.8, 4) is 0 Å². The molecule has 0 saturated heterocycles. The zero-order chi connectivity index (χ0) is 15.2. The lowest BCUT2D eigenvalue weighted by Crippen LogP contribution is -2.08. The van der Waals surface area contributed by atoms with E-state index >= 15 is 0 Å². The molecule has 0 atom stereocenters. The van der Waals surface area contributed by atoms with E-state index in [1.54, 1.807) is 23.1 Å². The van der Waals surface area contributed by atoms with Gasteiger partial charge in [-0.1, -0.05) is 25.2 Å². The van der Waals surface area contributed by atoms with Gasteiger partial charge in [0.15, 0.2) is 4.34 Å². The van der Waals surface area contributed by atoms with Crippen LogP contribution in [-0.2, 0) is 6.42 Å². The van der Waals surface area contributed by atoms with Gasteiger partial charge in [-0.2, -0.15) is 0 Å². The van der Waals surface area contributed by atoms with Crippen molar-refractivity contribution in [3.63, 3.8) is 0 Å². The average Bonchev–Trinajstić information content (AvgIpc) is 2.86. The first-order valence-electron chi connectivity index (χ1n) is 7.23. The molecule has 114 valence electrons. The Morgan fingerprint density at radius 2 is 1.90 bits per heavy atom. The van der Waals surface area contributed by atoms with E-state index in [1.807, 2.05) is 6.92 Å². The lowest BCUT2D eigenvalue weighted by atomic mass is 10.3. The Hall–Kier alpha value is -1.21. The van der Waals surface area contributed by atoms with Crippen LogP contribution in [0.1, 0.15) is 43.1 Å². The number of nitrogens with zero attached hydrogens (tertiary/aromatic N) is 4. The number of hydrogen-bond acceptors (Lipinski definition) is 7. The molecule has 0 radical (unpaired) electrons. The molecule has 0 aromatic carbocycles. The second-order valence-electron chi connectivity index (χ2n) is 4.78. The smallest absolute Gasteiger partial charge is 0.180 e. The largest absolute Gasteiger partial charge is 0.370 e. The van der Waals surface area contributed by atoms with Crippen LogP contribution in [0.25, 0.3) is 0 Å². The number of aromatic nitrogens is 4. The van der Waals surface area contributed by atoms with Gasteiger partial charge in [-0.25, -0.2) is 9.97 Å². The summed E-state index contributed by atoms with van der Waals surface area (Å²) in [4.78, 5) is 9.32. The maximum Gasteiger partial charge on any atom is 0.180 e. The molecular weight excluding hydrogens is 302 g/mol. The number of hydrogen-bond donors (Lipinski definition) is 1. The fraction of sp³-hybridized carbons (Fsp3) is 0.571. The van der Waals surface area contributed by atoms with E-state index in [9.17, 15) is 0 Å². The van der Waals surface area contributed by atoms with Crippen LogP contribution in [0.4, 0.5) is 5.82 Å². The normalized spacial score (nSPS) is 10.9. The Labute approximate surface area is 134 Å². The van der Waals surface area contributed by atoms with Gasteiger partial charge in [0.2, 0.25) is 0 Å². The highest BCUT2D eigenvalue weighted by Crippen LogP contribution is 2.33. The Morgan fingerprint density at radius 1 is 1.10 bits per heavy atom. The molecule has 0 bridgehead atoms. The minimum absolute atomic E-state index is 0.893. The summed E-state index contributed by atoms with van der Waals surface area (Å²) in [7, 11) is 0. The van der Waals surface area contributed by atoms with Crippen molar-refractivity contribution < 1.29 is 0 Å². The maximum absolute atomic E-state index is 4.69. The van der Waals surface area contributed by atoms with Crippen LogP contribution >= 0.6 is 23.1 Å². The molecule has 2 rings (SSSR count). The molecule has 21 heavy (non-hydrogen) atoms. The summed E-state index contributed by atoms with van der Waals surface area (Å²) in [6.45, 7) is 9.24. The first-order valence-corrected chi connectivity index (χ1v) is 8.86. The topological polar surface area (TPSA) is 63.6 Å². The number of anilines is 1. The second-order valence-corrected chi connectivity index (χ2v) is 7.20. The molecule has 2 aromatic rings. The first-order chi connectivity index (χ1) is 10.1. The fourth-order valence-corrected chi connectivity index (χ4v) is 3.62.